The molecule has 0 fully saturated rings. The van der Waals surface area contributed by atoms with Crippen molar-refractivity contribution in [2.75, 3.05) is 11.9 Å². The van der Waals surface area contributed by atoms with Crippen LogP contribution in [0, 0.1) is 0 Å². The van der Waals surface area contributed by atoms with Gasteiger partial charge in [-0.25, -0.2) is 5.84 Å². The summed E-state index contributed by atoms with van der Waals surface area (Å²) in [6.45, 7) is 2.58. The predicted octanol–water partition coefficient (Wildman–Crippen LogP) is 3.39. The van der Waals surface area contributed by atoms with Crippen LogP contribution in [0.15, 0.2) is 23.2 Å². The van der Waals surface area contributed by atoms with Crippen LogP contribution in [0.5, 0.6) is 0 Å². The van der Waals surface area contributed by atoms with Crippen LogP contribution in [-0.4, -0.2) is 12.5 Å². The van der Waals surface area contributed by atoms with E-state index in [0.717, 1.165) is 25.0 Å². The molecule has 1 rings (SSSR count). The topological polar surface area (TPSA) is 62.4 Å². The molecule has 0 aliphatic rings. The van der Waals surface area contributed by atoms with Crippen molar-refractivity contribution in [3.63, 3.8) is 0 Å². The van der Waals surface area contributed by atoms with Crippen molar-refractivity contribution in [1.82, 2.24) is 5.43 Å². The molecule has 0 spiro atoms. The Kier molecular flexibility index (Phi) is 6.09. The van der Waals surface area contributed by atoms with Crippen LogP contribution in [0.2, 0.25) is 5.02 Å². The molecule has 0 aliphatic heterocycles. The normalized spacial score (nSPS) is 12.4. The largest absolute Gasteiger partial charge is 0.416 e. The molecule has 0 saturated carbocycles. The molecule has 112 valence electrons. The van der Waals surface area contributed by atoms with Gasteiger partial charge in [-0.1, -0.05) is 24.9 Å². The van der Waals surface area contributed by atoms with E-state index in [1.165, 1.54) is 6.07 Å². The van der Waals surface area contributed by atoms with Gasteiger partial charge in [-0.2, -0.15) is 13.2 Å². The number of nitrogens with one attached hydrogen (secondary N) is 2. The zero-order chi connectivity index (χ0) is 15.2. The van der Waals surface area contributed by atoms with Crippen molar-refractivity contribution in [1.29, 1.82) is 0 Å². The third kappa shape index (κ3) is 4.90. The summed E-state index contributed by atoms with van der Waals surface area (Å²) in [5.41, 5.74) is 1.83. The molecule has 0 heterocycles. The molecule has 4 nitrogen and oxygen atoms in total. The summed E-state index contributed by atoms with van der Waals surface area (Å²) in [7, 11) is 0. The number of halogens is 4. The minimum Gasteiger partial charge on any atom is -0.324 e. The number of anilines is 1. The van der Waals surface area contributed by atoms with Crippen LogP contribution >= 0.6 is 11.6 Å². The molecule has 8 heteroatoms. The fourth-order valence-corrected chi connectivity index (χ4v) is 1.62. The van der Waals surface area contributed by atoms with Gasteiger partial charge in [0.15, 0.2) is 0 Å². The highest BCUT2D eigenvalue weighted by atomic mass is 35.5. The maximum atomic E-state index is 12.5. The van der Waals surface area contributed by atoms with Gasteiger partial charge in [-0.15, -0.1) is 0 Å². The predicted molar refractivity (Wildman–Crippen MR) is 74.6 cm³/mol. The number of guanidine groups is 1. The second-order valence-corrected chi connectivity index (χ2v) is 4.45. The lowest BCUT2D eigenvalue weighted by Gasteiger charge is -2.13. The number of aliphatic imine (C=N–C) groups is 1. The molecule has 20 heavy (non-hydrogen) atoms. The highest BCUT2D eigenvalue weighted by Gasteiger charge is 2.30. The second-order valence-electron chi connectivity index (χ2n) is 4.05. The summed E-state index contributed by atoms with van der Waals surface area (Å²) in [4.78, 5) is 4.13. The molecule has 0 amide bonds. The van der Waals surface area contributed by atoms with E-state index in [9.17, 15) is 13.2 Å². The van der Waals surface area contributed by atoms with Gasteiger partial charge in [0.05, 0.1) is 16.3 Å². The van der Waals surface area contributed by atoms with Gasteiger partial charge >= 0.3 is 6.18 Å². The summed E-state index contributed by atoms with van der Waals surface area (Å²) in [6.07, 6.45) is -2.57. The van der Waals surface area contributed by atoms with Gasteiger partial charge in [0.1, 0.15) is 0 Å². The number of benzene rings is 1. The summed E-state index contributed by atoms with van der Waals surface area (Å²) in [5, 5.41) is 2.69. The van der Waals surface area contributed by atoms with E-state index in [1.807, 2.05) is 6.92 Å². The lowest BCUT2D eigenvalue weighted by Crippen LogP contribution is -2.36. The Balaban J connectivity index is 2.84. The van der Waals surface area contributed by atoms with Crippen molar-refractivity contribution in [2.24, 2.45) is 10.8 Å². The number of unbranched alkanes of at least 4 members (excludes halogenated alkanes) is 1. The molecule has 0 aromatic heterocycles. The van der Waals surface area contributed by atoms with Gasteiger partial charge in [-0.3, -0.25) is 10.4 Å². The standard InChI is InChI=1S/C12H16ClF3N4/c1-2-3-6-18-11(20-17)19-10-5-4-8(7-9(10)13)12(14,15)16/h4-5,7H,2-3,6,17H2,1H3,(H2,18,19,20). The lowest BCUT2D eigenvalue weighted by atomic mass is 10.2. The molecular weight excluding hydrogens is 293 g/mol. The molecule has 0 bridgehead atoms. The number of nitrogens with zero attached hydrogens (tertiary/aromatic N) is 1. The van der Waals surface area contributed by atoms with E-state index >= 15 is 0 Å². The highest BCUT2D eigenvalue weighted by molar-refractivity contribution is 6.33. The molecule has 4 N–H and O–H groups in total. The van der Waals surface area contributed by atoms with Crippen molar-refractivity contribution in [2.45, 2.75) is 25.9 Å². The monoisotopic (exact) mass is 308 g/mol. The van der Waals surface area contributed by atoms with Gasteiger partial charge in [0, 0.05) is 6.54 Å². The minimum atomic E-state index is -4.42. The van der Waals surface area contributed by atoms with Crippen molar-refractivity contribution in [3.8, 4) is 0 Å². The van der Waals surface area contributed by atoms with E-state index < -0.39 is 11.7 Å². The molecule has 1 aromatic carbocycles. The number of hydrogen-bond donors (Lipinski definition) is 3. The first-order valence-corrected chi connectivity index (χ1v) is 6.41. The van der Waals surface area contributed by atoms with Crippen molar-refractivity contribution >= 4 is 23.2 Å². The first kappa shape index (κ1) is 16.6. The van der Waals surface area contributed by atoms with Gasteiger partial charge in [0.2, 0.25) is 5.96 Å². The number of hydrazine groups is 1. The fraction of sp³-hybridized carbons (Fsp3) is 0.417. The number of alkyl halides is 3. The zero-order valence-corrected chi connectivity index (χ0v) is 11.6. The zero-order valence-electron chi connectivity index (χ0n) is 10.9. The van der Waals surface area contributed by atoms with Crippen LogP contribution in [0.3, 0.4) is 0 Å². The Morgan fingerprint density at radius 1 is 1.40 bits per heavy atom. The second kappa shape index (κ2) is 7.35. The maximum Gasteiger partial charge on any atom is 0.416 e. The summed E-state index contributed by atoms with van der Waals surface area (Å²) in [6, 6.07) is 3.02. The van der Waals surface area contributed by atoms with Crippen LogP contribution in [0.25, 0.3) is 0 Å². The Morgan fingerprint density at radius 2 is 2.10 bits per heavy atom. The quantitative estimate of drug-likeness (QED) is 0.263. The Labute approximate surface area is 120 Å². The Morgan fingerprint density at radius 3 is 2.60 bits per heavy atom. The van der Waals surface area contributed by atoms with Crippen LogP contribution in [-0.2, 0) is 6.18 Å². The van der Waals surface area contributed by atoms with E-state index in [4.69, 9.17) is 17.4 Å². The summed E-state index contributed by atoms with van der Waals surface area (Å²) >= 11 is 5.81. The fourth-order valence-electron chi connectivity index (χ4n) is 1.39. The Hall–Kier alpha value is -1.47. The average molecular weight is 309 g/mol. The molecular formula is C12H16ClF3N4. The summed E-state index contributed by atoms with van der Waals surface area (Å²) < 4.78 is 37.5. The van der Waals surface area contributed by atoms with Gasteiger partial charge < -0.3 is 5.32 Å². The van der Waals surface area contributed by atoms with Gasteiger partial charge in [0.25, 0.3) is 0 Å². The van der Waals surface area contributed by atoms with Crippen LogP contribution < -0.4 is 16.6 Å². The summed E-state index contributed by atoms with van der Waals surface area (Å²) in [5.74, 6) is 5.54. The van der Waals surface area contributed by atoms with E-state index in [0.29, 0.717) is 12.2 Å². The van der Waals surface area contributed by atoms with E-state index in [1.54, 1.807) is 0 Å². The van der Waals surface area contributed by atoms with Crippen molar-refractivity contribution in [3.05, 3.63) is 28.8 Å². The first-order chi connectivity index (χ1) is 9.38. The minimum absolute atomic E-state index is 0.0572. The SMILES string of the molecule is CCCCN=C(NN)Nc1ccc(C(F)(F)F)cc1Cl. The third-order valence-corrected chi connectivity index (χ3v) is 2.78. The van der Waals surface area contributed by atoms with Crippen molar-refractivity contribution < 1.29 is 13.2 Å². The molecule has 0 atom stereocenters. The third-order valence-electron chi connectivity index (χ3n) is 2.47. The van der Waals surface area contributed by atoms with E-state index in [2.05, 4.69) is 15.7 Å². The Bertz CT molecular complexity index is 474. The maximum absolute atomic E-state index is 12.5. The van der Waals surface area contributed by atoms with Crippen LogP contribution in [0.1, 0.15) is 25.3 Å². The number of nitrogens with two attached hydrogens (primary N) is 1. The molecule has 0 saturated heterocycles. The average Bonchev–Trinajstić information content (AvgIpc) is 2.38. The molecule has 1 aromatic rings. The molecule has 0 aliphatic carbocycles. The van der Waals surface area contributed by atoms with Gasteiger partial charge in [-0.05, 0) is 24.6 Å². The molecule has 0 radical (unpaired) electrons. The lowest BCUT2D eigenvalue weighted by molar-refractivity contribution is -0.137. The van der Waals surface area contributed by atoms with Crippen LogP contribution in [0.4, 0.5) is 18.9 Å². The number of hydrogen-bond acceptors (Lipinski definition) is 2. The first-order valence-electron chi connectivity index (χ1n) is 6.03. The smallest absolute Gasteiger partial charge is 0.324 e. The number of rotatable bonds is 4. The molecule has 0 unspecified atom stereocenters. The van der Waals surface area contributed by atoms with E-state index in [-0.39, 0.29) is 11.0 Å². The highest BCUT2D eigenvalue weighted by Crippen LogP contribution is 2.33.